The third-order valence-corrected chi connectivity index (χ3v) is 9.10. The highest BCUT2D eigenvalue weighted by atomic mass is 16.7. The van der Waals surface area contributed by atoms with Crippen LogP contribution in [-0.4, -0.2) is 65.1 Å². The summed E-state index contributed by atoms with van der Waals surface area (Å²) in [5.41, 5.74) is 6.25. The van der Waals surface area contributed by atoms with E-state index >= 15 is 0 Å². The van der Waals surface area contributed by atoms with Gasteiger partial charge in [0.2, 0.25) is 5.91 Å². The fourth-order valence-corrected chi connectivity index (χ4v) is 6.41. The Labute approximate surface area is 298 Å². The van der Waals surface area contributed by atoms with Crippen LogP contribution >= 0.6 is 0 Å². The summed E-state index contributed by atoms with van der Waals surface area (Å²) in [6, 6.07) is 31.8. The van der Waals surface area contributed by atoms with Crippen LogP contribution < -0.4 is 5.32 Å². The number of likely N-dealkylation sites (N-methyl/N-ethyl adjacent to an activating group) is 1. The minimum Gasteiger partial charge on any atom is -0.445 e. The maximum Gasteiger partial charge on any atom is 0.408 e. The number of alkyl carbamates (subject to hydrolysis) is 1. The first-order valence-corrected chi connectivity index (χ1v) is 17.1. The Bertz CT molecular complexity index is 1810. The summed E-state index contributed by atoms with van der Waals surface area (Å²) in [5.74, 6) is -0.817. The van der Waals surface area contributed by atoms with Crippen molar-refractivity contribution in [1.29, 1.82) is 0 Å². The molecule has 0 radical (unpaired) electrons. The van der Waals surface area contributed by atoms with Crippen LogP contribution in [0.4, 0.5) is 4.79 Å². The highest BCUT2D eigenvalue weighted by molar-refractivity contribution is 6.06. The average molecular weight is 690 g/mol. The van der Waals surface area contributed by atoms with E-state index in [1.165, 1.54) is 4.90 Å². The zero-order valence-electron chi connectivity index (χ0n) is 28.6. The summed E-state index contributed by atoms with van der Waals surface area (Å²) in [7, 11) is 2.04. The number of nitrogens with zero attached hydrogens (tertiary/aromatic N) is 2. The number of amides is 3. The van der Waals surface area contributed by atoms with Crippen LogP contribution in [-0.2, 0) is 43.6 Å². The van der Waals surface area contributed by atoms with E-state index in [2.05, 4.69) is 16.8 Å². The van der Waals surface area contributed by atoms with E-state index in [-0.39, 0.29) is 44.3 Å². The first-order chi connectivity index (χ1) is 24.8. The highest BCUT2D eigenvalue weighted by Gasteiger charge is 2.40. The van der Waals surface area contributed by atoms with Gasteiger partial charge in [-0.3, -0.25) is 14.5 Å². The van der Waals surface area contributed by atoms with Crippen molar-refractivity contribution < 1.29 is 33.7 Å². The van der Waals surface area contributed by atoms with Gasteiger partial charge in [0.15, 0.2) is 6.29 Å². The lowest BCUT2D eigenvalue weighted by atomic mass is 9.99. The van der Waals surface area contributed by atoms with Gasteiger partial charge in [0.1, 0.15) is 12.6 Å². The van der Waals surface area contributed by atoms with Crippen molar-refractivity contribution in [3.05, 3.63) is 144 Å². The van der Waals surface area contributed by atoms with Crippen LogP contribution in [0.5, 0.6) is 0 Å². The molecular weight excluding hydrogens is 646 g/mol. The van der Waals surface area contributed by atoms with Gasteiger partial charge in [-0.15, -0.1) is 6.58 Å². The van der Waals surface area contributed by atoms with Gasteiger partial charge in [0, 0.05) is 25.1 Å². The van der Waals surface area contributed by atoms with Crippen molar-refractivity contribution >= 4 is 17.9 Å². The van der Waals surface area contributed by atoms with Crippen molar-refractivity contribution in [1.82, 2.24) is 15.1 Å². The standard InChI is InChI=1S/C41H43N3O7/c1-3-20-43(2)25-35-22-37(32-14-12-28(26-45)13-15-32)51-40(50-35)33-18-16-31(17-19-33)34-11-7-10-30(21-34)24-44-38(46)23-36(39(44)47)42-41(48)49-27-29-8-5-4-6-9-29/h3-19,21,35-37,40,45H,1,20,22-27H2,2H3,(H,42,48)/t35-,36?,37+,40+/m1/s1. The van der Waals surface area contributed by atoms with Crippen molar-refractivity contribution in [3.8, 4) is 11.1 Å². The number of benzene rings is 4. The fraction of sp³-hybridized carbons (Fsp3) is 0.293. The molecule has 0 bridgehead atoms. The predicted octanol–water partition coefficient (Wildman–Crippen LogP) is 6.06. The summed E-state index contributed by atoms with van der Waals surface area (Å²) in [4.78, 5) is 41.7. The molecule has 2 saturated heterocycles. The molecule has 0 aliphatic carbocycles. The number of hydrogen-bond donors (Lipinski definition) is 2. The molecule has 0 saturated carbocycles. The lowest BCUT2D eigenvalue weighted by molar-refractivity contribution is -0.252. The number of likely N-dealkylation sites (tertiary alicyclic amines) is 1. The number of carbonyl (C=O) groups is 3. The quantitative estimate of drug-likeness (QED) is 0.129. The Kier molecular flexibility index (Phi) is 11.7. The van der Waals surface area contributed by atoms with Crippen LogP contribution in [0.2, 0.25) is 0 Å². The summed E-state index contributed by atoms with van der Waals surface area (Å²) in [6.07, 6.45) is 0.873. The Morgan fingerprint density at radius 1 is 0.922 bits per heavy atom. The van der Waals surface area contributed by atoms with E-state index in [9.17, 15) is 19.5 Å². The van der Waals surface area contributed by atoms with E-state index in [1.807, 2.05) is 116 Å². The number of carbonyl (C=O) groups excluding carboxylic acids is 3. The molecule has 0 aromatic heterocycles. The minimum absolute atomic E-state index is 0.0118. The molecular formula is C41H43N3O7. The van der Waals surface area contributed by atoms with Crippen molar-refractivity contribution in [3.63, 3.8) is 0 Å². The number of rotatable bonds is 13. The molecule has 51 heavy (non-hydrogen) atoms. The van der Waals surface area contributed by atoms with Crippen LogP contribution in [0, 0.1) is 0 Å². The lowest BCUT2D eigenvalue weighted by Crippen LogP contribution is -2.41. The first-order valence-electron chi connectivity index (χ1n) is 17.1. The second kappa shape index (κ2) is 16.7. The largest absolute Gasteiger partial charge is 0.445 e. The van der Waals surface area contributed by atoms with Crippen LogP contribution in [0.15, 0.2) is 116 Å². The molecule has 2 aliphatic heterocycles. The minimum atomic E-state index is -0.970. The normalized spacial score (nSPS) is 20.4. The van der Waals surface area contributed by atoms with Crippen molar-refractivity contribution in [2.45, 2.75) is 57.1 Å². The Morgan fingerprint density at radius 2 is 1.65 bits per heavy atom. The maximum atomic E-state index is 13.1. The first kappa shape index (κ1) is 35.7. The van der Waals surface area contributed by atoms with Gasteiger partial charge in [0.25, 0.3) is 5.91 Å². The number of imide groups is 1. The molecule has 2 heterocycles. The Morgan fingerprint density at radius 3 is 2.37 bits per heavy atom. The fourth-order valence-electron chi connectivity index (χ4n) is 6.41. The summed E-state index contributed by atoms with van der Waals surface area (Å²) in [5, 5.41) is 12.0. The molecule has 6 rings (SSSR count). The number of nitrogens with one attached hydrogen (secondary N) is 1. The molecule has 4 atom stereocenters. The third kappa shape index (κ3) is 9.16. The van der Waals surface area contributed by atoms with Gasteiger partial charge in [-0.05, 0) is 46.5 Å². The summed E-state index contributed by atoms with van der Waals surface area (Å²) >= 11 is 0. The predicted molar refractivity (Wildman–Crippen MR) is 192 cm³/mol. The smallest absolute Gasteiger partial charge is 0.408 e. The molecule has 2 N–H and O–H groups in total. The zero-order chi connectivity index (χ0) is 35.7. The monoisotopic (exact) mass is 689 g/mol. The Hall–Kier alpha value is -5.13. The van der Waals surface area contributed by atoms with E-state index in [0.29, 0.717) is 6.42 Å². The molecule has 4 aromatic rings. The molecule has 3 amide bonds. The second-order valence-corrected chi connectivity index (χ2v) is 13.0. The molecule has 4 aromatic carbocycles. The van der Waals surface area contributed by atoms with Gasteiger partial charge >= 0.3 is 6.09 Å². The third-order valence-electron chi connectivity index (χ3n) is 9.10. The van der Waals surface area contributed by atoms with E-state index < -0.39 is 24.3 Å². The molecule has 0 spiro atoms. The summed E-state index contributed by atoms with van der Waals surface area (Å²) < 4.78 is 18.2. The zero-order valence-corrected chi connectivity index (χ0v) is 28.6. The average Bonchev–Trinajstić information content (AvgIpc) is 3.41. The Balaban J connectivity index is 1.10. The number of hydrogen-bond acceptors (Lipinski definition) is 8. The van der Waals surface area contributed by atoms with Gasteiger partial charge in [-0.25, -0.2) is 4.79 Å². The number of ether oxygens (including phenoxy) is 3. The van der Waals surface area contributed by atoms with Crippen molar-refractivity contribution in [2.75, 3.05) is 20.1 Å². The van der Waals surface area contributed by atoms with E-state index in [1.54, 1.807) is 0 Å². The summed E-state index contributed by atoms with van der Waals surface area (Å²) in [6.45, 7) is 5.46. The SMILES string of the molecule is C=CCN(C)C[C@H]1C[C@@H](c2ccc(CO)cc2)O[C@@H](c2ccc(-c3cccc(CN4C(=O)CC(NC(=O)OCc5ccccc5)C4=O)c3)cc2)O1. The van der Waals surface area contributed by atoms with Crippen LogP contribution in [0.1, 0.15) is 53.1 Å². The second-order valence-electron chi connectivity index (χ2n) is 13.0. The molecule has 2 fully saturated rings. The van der Waals surface area contributed by atoms with Gasteiger partial charge < -0.3 is 29.5 Å². The van der Waals surface area contributed by atoms with E-state index in [0.717, 1.165) is 52.0 Å². The number of aliphatic hydroxyl groups excluding tert-OH is 1. The van der Waals surface area contributed by atoms with Gasteiger partial charge in [0.05, 0.1) is 31.8 Å². The van der Waals surface area contributed by atoms with Gasteiger partial charge in [-0.2, -0.15) is 0 Å². The molecule has 10 heteroatoms. The molecule has 264 valence electrons. The number of aliphatic hydroxyl groups is 1. The van der Waals surface area contributed by atoms with Gasteiger partial charge in [-0.1, -0.05) is 103 Å². The van der Waals surface area contributed by atoms with Crippen LogP contribution in [0.25, 0.3) is 11.1 Å². The molecule has 1 unspecified atom stereocenters. The van der Waals surface area contributed by atoms with E-state index in [4.69, 9.17) is 14.2 Å². The van der Waals surface area contributed by atoms with Crippen molar-refractivity contribution in [2.24, 2.45) is 0 Å². The topological polar surface area (TPSA) is 118 Å². The lowest BCUT2D eigenvalue weighted by Gasteiger charge is -2.37. The maximum absolute atomic E-state index is 13.1. The molecule has 2 aliphatic rings. The van der Waals surface area contributed by atoms with Crippen LogP contribution in [0.3, 0.4) is 0 Å². The highest BCUT2D eigenvalue weighted by Crippen LogP contribution is 2.38. The molecule has 10 nitrogen and oxygen atoms in total.